The minimum Gasteiger partial charge on any atom is -0.285 e. The van der Waals surface area contributed by atoms with Crippen LogP contribution in [0.25, 0.3) is 5.82 Å². The third kappa shape index (κ3) is 3.65. The van der Waals surface area contributed by atoms with E-state index in [9.17, 15) is 25.0 Å². The number of aromatic nitrogens is 4. The van der Waals surface area contributed by atoms with Gasteiger partial charge in [0.15, 0.2) is 0 Å². The normalized spacial score (nSPS) is 10.2. The van der Waals surface area contributed by atoms with Crippen LogP contribution in [0.5, 0.6) is 0 Å². The first-order valence-electron chi connectivity index (χ1n) is 7.26. The molecular formula is C14H10N8O5. The molecule has 0 saturated heterocycles. The van der Waals surface area contributed by atoms with Crippen molar-refractivity contribution in [2.45, 2.75) is 0 Å². The van der Waals surface area contributed by atoms with Gasteiger partial charge in [-0.1, -0.05) is 0 Å². The molecule has 0 fully saturated rings. The maximum absolute atomic E-state index is 12.1. The maximum Gasteiger partial charge on any atom is 0.355 e. The van der Waals surface area contributed by atoms with E-state index in [0.717, 1.165) is 6.33 Å². The Labute approximate surface area is 150 Å². The van der Waals surface area contributed by atoms with Gasteiger partial charge in [0.05, 0.1) is 9.85 Å². The van der Waals surface area contributed by atoms with Gasteiger partial charge in [-0.3, -0.25) is 40.4 Å². The monoisotopic (exact) mass is 370 g/mol. The number of nitro benzene ring substituents is 1. The summed E-state index contributed by atoms with van der Waals surface area (Å²) in [6.45, 7) is 0. The van der Waals surface area contributed by atoms with Crippen LogP contribution in [0.2, 0.25) is 0 Å². The summed E-state index contributed by atoms with van der Waals surface area (Å²) in [7, 11) is 0. The zero-order valence-corrected chi connectivity index (χ0v) is 13.3. The van der Waals surface area contributed by atoms with Crippen LogP contribution < -0.4 is 10.9 Å². The van der Waals surface area contributed by atoms with Gasteiger partial charge in [-0.05, 0) is 12.1 Å². The SMILES string of the molecule is O=C(NNc1ncnc(-n2ccnc2)c1[N+](=O)[O-])c1ccc([N+](=O)[O-])cc1. The molecule has 2 heterocycles. The maximum atomic E-state index is 12.1. The van der Waals surface area contributed by atoms with Gasteiger partial charge in [-0.2, -0.15) is 0 Å². The predicted molar refractivity (Wildman–Crippen MR) is 90.0 cm³/mol. The van der Waals surface area contributed by atoms with Crippen LogP contribution in [0.4, 0.5) is 17.2 Å². The van der Waals surface area contributed by atoms with Crippen LogP contribution in [-0.4, -0.2) is 35.3 Å². The van der Waals surface area contributed by atoms with Gasteiger partial charge >= 0.3 is 5.69 Å². The fourth-order valence-electron chi connectivity index (χ4n) is 2.13. The number of amides is 1. The second-order valence-corrected chi connectivity index (χ2v) is 5.00. The molecule has 0 aliphatic rings. The van der Waals surface area contributed by atoms with Gasteiger partial charge in [0.25, 0.3) is 11.6 Å². The van der Waals surface area contributed by atoms with E-state index in [1.807, 2.05) is 0 Å². The summed E-state index contributed by atoms with van der Waals surface area (Å²) in [6, 6.07) is 4.83. The number of hydrazine groups is 1. The highest BCUT2D eigenvalue weighted by molar-refractivity contribution is 5.95. The van der Waals surface area contributed by atoms with E-state index in [-0.39, 0.29) is 22.9 Å². The third-order valence-corrected chi connectivity index (χ3v) is 3.37. The van der Waals surface area contributed by atoms with E-state index in [0.29, 0.717) is 0 Å². The predicted octanol–water partition coefficient (Wildman–Crippen LogP) is 1.24. The number of imidazole rings is 1. The largest absolute Gasteiger partial charge is 0.355 e. The van der Waals surface area contributed by atoms with Crippen molar-refractivity contribution in [2.75, 3.05) is 5.43 Å². The molecule has 0 spiro atoms. The molecule has 2 N–H and O–H groups in total. The lowest BCUT2D eigenvalue weighted by Crippen LogP contribution is -2.30. The molecule has 0 radical (unpaired) electrons. The van der Waals surface area contributed by atoms with Crippen molar-refractivity contribution in [1.82, 2.24) is 24.9 Å². The Balaban J connectivity index is 1.81. The Bertz CT molecular complexity index is 1000. The van der Waals surface area contributed by atoms with Crippen molar-refractivity contribution in [3.63, 3.8) is 0 Å². The second-order valence-electron chi connectivity index (χ2n) is 5.00. The molecule has 13 nitrogen and oxygen atoms in total. The van der Waals surface area contributed by atoms with E-state index in [2.05, 4.69) is 25.8 Å². The number of nitro groups is 2. The van der Waals surface area contributed by atoms with Crippen LogP contribution >= 0.6 is 0 Å². The number of benzene rings is 1. The van der Waals surface area contributed by atoms with Crippen LogP contribution in [0, 0.1) is 20.2 Å². The Hall–Kier alpha value is -4.42. The lowest BCUT2D eigenvalue weighted by atomic mass is 10.2. The highest BCUT2D eigenvalue weighted by atomic mass is 16.6. The quantitative estimate of drug-likeness (QED) is 0.478. The van der Waals surface area contributed by atoms with E-state index in [1.165, 1.54) is 47.6 Å². The smallest absolute Gasteiger partial charge is 0.285 e. The number of carbonyl (C=O) groups excluding carboxylic acids is 1. The molecule has 0 aliphatic carbocycles. The van der Waals surface area contributed by atoms with Gasteiger partial charge in [0.2, 0.25) is 11.6 Å². The topological polar surface area (TPSA) is 171 Å². The third-order valence-electron chi connectivity index (χ3n) is 3.37. The Morgan fingerprint density at radius 3 is 2.41 bits per heavy atom. The molecule has 2 aromatic heterocycles. The lowest BCUT2D eigenvalue weighted by molar-refractivity contribution is -0.384. The van der Waals surface area contributed by atoms with Crippen LogP contribution in [-0.2, 0) is 0 Å². The van der Waals surface area contributed by atoms with Crippen molar-refractivity contribution < 1.29 is 14.6 Å². The standard InChI is InChI=1S/C14H10N8O5/c23-14(9-1-3-10(4-2-9)21(24)25)19-18-12-11(22(26)27)13(17-7-16-12)20-6-5-15-8-20/h1-8H,(H,19,23)(H,16,17,18). The summed E-state index contributed by atoms with van der Waals surface area (Å²) < 4.78 is 1.32. The summed E-state index contributed by atoms with van der Waals surface area (Å²) in [4.78, 5) is 44.3. The fourth-order valence-corrected chi connectivity index (χ4v) is 2.13. The van der Waals surface area contributed by atoms with Gasteiger partial charge in [-0.15, -0.1) is 0 Å². The highest BCUT2D eigenvalue weighted by Crippen LogP contribution is 2.26. The zero-order valence-electron chi connectivity index (χ0n) is 13.3. The molecule has 1 aromatic carbocycles. The molecule has 0 saturated carbocycles. The molecule has 0 unspecified atom stereocenters. The number of hydrogen-bond acceptors (Lipinski definition) is 9. The first kappa shape index (κ1) is 17.4. The van der Waals surface area contributed by atoms with Gasteiger partial charge in [0.1, 0.15) is 12.7 Å². The molecule has 3 rings (SSSR count). The van der Waals surface area contributed by atoms with E-state index in [4.69, 9.17) is 0 Å². The van der Waals surface area contributed by atoms with Crippen molar-refractivity contribution in [3.05, 3.63) is 75.1 Å². The van der Waals surface area contributed by atoms with Gasteiger partial charge in [0, 0.05) is 30.1 Å². The minimum atomic E-state index is -0.699. The van der Waals surface area contributed by atoms with Crippen molar-refractivity contribution >= 4 is 23.1 Å². The van der Waals surface area contributed by atoms with Crippen molar-refractivity contribution in [2.24, 2.45) is 0 Å². The van der Waals surface area contributed by atoms with Crippen molar-refractivity contribution in [1.29, 1.82) is 0 Å². The number of carbonyl (C=O) groups is 1. The second kappa shape index (κ2) is 7.22. The van der Waals surface area contributed by atoms with E-state index >= 15 is 0 Å². The first-order valence-corrected chi connectivity index (χ1v) is 7.26. The summed E-state index contributed by atoms with van der Waals surface area (Å²) in [5.74, 6) is -0.949. The fraction of sp³-hybridized carbons (Fsp3) is 0. The van der Waals surface area contributed by atoms with Crippen LogP contribution in [0.3, 0.4) is 0 Å². The van der Waals surface area contributed by atoms with Crippen LogP contribution in [0.15, 0.2) is 49.3 Å². The Morgan fingerprint density at radius 2 is 1.81 bits per heavy atom. The minimum absolute atomic E-state index is 0.0421. The Kier molecular flexibility index (Phi) is 4.65. The van der Waals surface area contributed by atoms with Crippen LogP contribution in [0.1, 0.15) is 10.4 Å². The lowest BCUT2D eigenvalue weighted by Gasteiger charge is -2.10. The molecule has 136 valence electrons. The number of anilines is 1. The average Bonchev–Trinajstić information content (AvgIpc) is 3.20. The summed E-state index contributed by atoms with van der Waals surface area (Å²) in [5, 5.41) is 22.1. The summed E-state index contributed by atoms with van der Waals surface area (Å²) in [5.41, 5.74) is 4.09. The number of nitrogens with zero attached hydrogens (tertiary/aromatic N) is 6. The Morgan fingerprint density at radius 1 is 1.07 bits per heavy atom. The summed E-state index contributed by atoms with van der Waals surface area (Å²) in [6.07, 6.45) is 5.31. The highest BCUT2D eigenvalue weighted by Gasteiger charge is 2.24. The van der Waals surface area contributed by atoms with E-state index in [1.54, 1.807) is 0 Å². The molecule has 13 heteroatoms. The molecule has 27 heavy (non-hydrogen) atoms. The van der Waals surface area contributed by atoms with Gasteiger partial charge < -0.3 is 0 Å². The number of nitrogens with one attached hydrogen (secondary N) is 2. The first-order chi connectivity index (χ1) is 13.0. The number of non-ortho nitro benzene ring substituents is 1. The van der Waals surface area contributed by atoms with Gasteiger partial charge in [-0.25, -0.2) is 15.0 Å². The molecular weight excluding hydrogens is 360 g/mol. The molecule has 0 aliphatic heterocycles. The molecule has 1 amide bonds. The number of hydrogen-bond donors (Lipinski definition) is 2. The number of rotatable bonds is 6. The molecule has 0 bridgehead atoms. The zero-order chi connectivity index (χ0) is 19.4. The summed E-state index contributed by atoms with van der Waals surface area (Å²) >= 11 is 0. The molecule has 0 atom stereocenters. The molecule has 3 aromatic rings. The van der Waals surface area contributed by atoms with Crippen molar-refractivity contribution in [3.8, 4) is 5.82 Å². The van der Waals surface area contributed by atoms with E-state index < -0.39 is 21.4 Å². The average molecular weight is 370 g/mol.